The van der Waals surface area contributed by atoms with Gasteiger partial charge in [-0.05, 0) is 38.1 Å². The van der Waals surface area contributed by atoms with Crippen LogP contribution in [0.2, 0.25) is 0 Å². The molecule has 1 saturated heterocycles. The average Bonchev–Trinajstić information content (AvgIpc) is 3.12. The predicted octanol–water partition coefficient (Wildman–Crippen LogP) is 1.45. The Kier molecular flexibility index (Phi) is 3.82. The first kappa shape index (κ1) is 12.7. The van der Waals surface area contributed by atoms with Crippen molar-refractivity contribution in [2.75, 3.05) is 31.6 Å². The summed E-state index contributed by atoms with van der Waals surface area (Å²) in [7, 11) is 1.64. The summed E-state index contributed by atoms with van der Waals surface area (Å²) < 4.78 is 5.18. The molecule has 1 aliphatic carbocycles. The molecule has 2 fully saturated rings. The number of ether oxygens (including phenoxy) is 1. The monoisotopic (exact) mass is 262 g/mol. The number of nitrogens with one attached hydrogen (secondary N) is 1. The van der Waals surface area contributed by atoms with Gasteiger partial charge in [0, 0.05) is 19.1 Å². The maximum atomic E-state index is 5.18. The Labute approximate surface area is 114 Å². The van der Waals surface area contributed by atoms with E-state index in [-0.39, 0.29) is 0 Å². The third-order valence-electron chi connectivity index (χ3n) is 3.91. The molecule has 104 valence electrons. The summed E-state index contributed by atoms with van der Waals surface area (Å²) in [5, 5.41) is 3.56. The van der Waals surface area contributed by atoms with Crippen molar-refractivity contribution >= 4 is 5.82 Å². The molecule has 5 nitrogen and oxygen atoms in total. The largest absolute Gasteiger partial charge is 0.480 e. The van der Waals surface area contributed by atoms with Crippen LogP contribution in [0.3, 0.4) is 0 Å². The zero-order valence-corrected chi connectivity index (χ0v) is 11.5. The third kappa shape index (κ3) is 3.35. The highest BCUT2D eigenvalue weighted by atomic mass is 16.5. The van der Waals surface area contributed by atoms with Gasteiger partial charge in [-0.1, -0.05) is 0 Å². The van der Waals surface area contributed by atoms with Crippen LogP contribution in [-0.2, 0) is 0 Å². The zero-order valence-electron chi connectivity index (χ0n) is 11.5. The van der Waals surface area contributed by atoms with E-state index in [1.165, 1.54) is 25.7 Å². The molecule has 2 aliphatic rings. The Morgan fingerprint density at radius 3 is 2.89 bits per heavy atom. The Morgan fingerprint density at radius 1 is 1.32 bits per heavy atom. The summed E-state index contributed by atoms with van der Waals surface area (Å²) in [5.41, 5.74) is 0. The number of nitrogens with zero attached hydrogens (tertiary/aromatic N) is 3. The molecule has 0 radical (unpaired) electrons. The number of anilines is 1. The van der Waals surface area contributed by atoms with Gasteiger partial charge < -0.3 is 15.0 Å². The molecule has 5 heteroatoms. The molecule has 2 heterocycles. The lowest BCUT2D eigenvalue weighted by molar-refractivity contribution is 0.395. The van der Waals surface area contributed by atoms with Gasteiger partial charge in [-0.2, -0.15) is 4.98 Å². The van der Waals surface area contributed by atoms with Crippen LogP contribution in [0.15, 0.2) is 12.4 Å². The lowest BCUT2D eigenvalue weighted by Crippen LogP contribution is -2.39. The minimum atomic E-state index is 0.590. The third-order valence-corrected chi connectivity index (χ3v) is 3.91. The average molecular weight is 262 g/mol. The standard InChI is InChI=1S/C14H22N4O/c1-19-14-8-15-7-13(17-14)18(9-11-4-5-11)10-12-3-2-6-16-12/h7-8,11-12,16H,2-6,9-10H2,1H3. The quantitative estimate of drug-likeness (QED) is 0.841. The van der Waals surface area contributed by atoms with Crippen molar-refractivity contribution in [1.82, 2.24) is 15.3 Å². The lowest BCUT2D eigenvalue weighted by atomic mass is 10.2. The predicted molar refractivity (Wildman–Crippen MR) is 74.5 cm³/mol. The smallest absolute Gasteiger partial charge is 0.233 e. The Morgan fingerprint density at radius 2 is 2.21 bits per heavy atom. The van der Waals surface area contributed by atoms with E-state index in [0.29, 0.717) is 11.9 Å². The molecule has 1 aromatic heterocycles. The molecular weight excluding hydrogens is 240 g/mol. The summed E-state index contributed by atoms with van der Waals surface area (Å²) in [6.45, 7) is 3.27. The molecule has 1 unspecified atom stereocenters. The highest BCUT2D eigenvalue weighted by Crippen LogP contribution is 2.31. The summed E-state index contributed by atoms with van der Waals surface area (Å²) in [4.78, 5) is 11.1. The van der Waals surface area contributed by atoms with Gasteiger partial charge in [-0.15, -0.1) is 0 Å². The van der Waals surface area contributed by atoms with Gasteiger partial charge in [0.15, 0.2) is 5.82 Å². The van der Waals surface area contributed by atoms with Gasteiger partial charge in [0.1, 0.15) is 0 Å². The van der Waals surface area contributed by atoms with E-state index in [9.17, 15) is 0 Å². The van der Waals surface area contributed by atoms with Gasteiger partial charge in [-0.3, -0.25) is 4.98 Å². The maximum absolute atomic E-state index is 5.18. The number of hydrogen-bond acceptors (Lipinski definition) is 5. The lowest BCUT2D eigenvalue weighted by Gasteiger charge is -2.26. The first-order chi connectivity index (χ1) is 9.35. The molecular formula is C14H22N4O. The Bertz CT molecular complexity index is 416. The normalized spacial score (nSPS) is 22.5. The van der Waals surface area contributed by atoms with Gasteiger partial charge in [0.2, 0.25) is 5.88 Å². The van der Waals surface area contributed by atoms with Gasteiger partial charge >= 0.3 is 0 Å². The molecule has 19 heavy (non-hydrogen) atoms. The molecule has 0 bridgehead atoms. The van der Waals surface area contributed by atoms with Crippen LogP contribution in [0.25, 0.3) is 0 Å². The van der Waals surface area contributed by atoms with E-state index >= 15 is 0 Å². The highest BCUT2D eigenvalue weighted by Gasteiger charge is 2.27. The number of aromatic nitrogens is 2. The van der Waals surface area contributed by atoms with Crippen LogP contribution in [0.5, 0.6) is 5.88 Å². The fourth-order valence-electron chi connectivity index (χ4n) is 2.64. The van der Waals surface area contributed by atoms with E-state index in [4.69, 9.17) is 4.74 Å². The topological polar surface area (TPSA) is 50.3 Å². The van der Waals surface area contributed by atoms with Crippen molar-refractivity contribution in [3.8, 4) is 5.88 Å². The van der Waals surface area contributed by atoms with Gasteiger partial charge in [-0.25, -0.2) is 0 Å². The van der Waals surface area contributed by atoms with Crippen LogP contribution in [0.4, 0.5) is 5.82 Å². The van der Waals surface area contributed by atoms with Crippen LogP contribution in [0.1, 0.15) is 25.7 Å². The van der Waals surface area contributed by atoms with Gasteiger partial charge in [0.05, 0.1) is 19.5 Å². The van der Waals surface area contributed by atoms with Crippen molar-refractivity contribution in [1.29, 1.82) is 0 Å². The SMILES string of the molecule is COc1cncc(N(CC2CC2)CC2CCCN2)n1. The summed E-state index contributed by atoms with van der Waals surface area (Å²) in [5.74, 6) is 2.38. The molecule has 0 amide bonds. The summed E-state index contributed by atoms with van der Waals surface area (Å²) >= 11 is 0. The second-order valence-corrected chi connectivity index (χ2v) is 5.56. The first-order valence-electron chi connectivity index (χ1n) is 7.19. The molecule has 1 atom stereocenters. The van der Waals surface area contributed by atoms with Crippen molar-refractivity contribution < 1.29 is 4.74 Å². The van der Waals surface area contributed by atoms with Crippen molar-refractivity contribution in [3.05, 3.63) is 12.4 Å². The second kappa shape index (κ2) is 5.74. The van der Waals surface area contributed by atoms with Gasteiger partial charge in [0.25, 0.3) is 0 Å². The fraction of sp³-hybridized carbons (Fsp3) is 0.714. The summed E-state index contributed by atoms with van der Waals surface area (Å²) in [6, 6.07) is 0.590. The Balaban J connectivity index is 1.71. The van der Waals surface area contributed by atoms with Crippen molar-refractivity contribution in [3.63, 3.8) is 0 Å². The van der Waals surface area contributed by atoms with Crippen LogP contribution >= 0.6 is 0 Å². The summed E-state index contributed by atoms with van der Waals surface area (Å²) in [6.07, 6.45) is 8.76. The van der Waals surface area contributed by atoms with Crippen molar-refractivity contribution in [2.24, 2.45) is 5.92 Å². The van der Waals surface area contributed by atoms with Crippen LogP contribution in [-0.4, -0.2) is 42.8 Å². The highest BCUT2D eigenvalue weighted by molar-refractivity contribution is 5.38. The zero-order chi connectivity index (χ0) is 13.1. The number of hydrogen-bond donors (Lipinski definition) is 1. The van der Waals surface area contributed by atoms with E-state index in [1.807, 2.05) is 6.20 Å². The minimum Gasteiger partial charge on any atom is -0.480 e. The molecule has 3 rings (SSSR count). The van der Waals surface area contributed by atoms with E-state index in [1.54, 1.807) is 13.3 Å². The Hall–Kier alpha value is -1.36. The maximum Gasteiger partial charge on any atom is 0.233 e. The van der Waals surface area contributed by atoms with Crippen LogP contribution < -0.4 is 15.0 Å². The van der Waals surface area contributed by atoms with E-state index < -0.39 is 0 Å². The molecule has 1 saturated carbocycles. The first-order valence-corrected chi connectivity index (χ1v) is 7.19. The molecule has 1 aromatic rings. The molecule has 1 aliphatic heterocycles. The number of rotatable bonds is 6. The number of methoxy groups -OCH3 is 1. The van der Waals surface area contributed by atoms with E-state index in [2.05, 4.69) is 20.2 Å². The van der Waals surface area contributed by atoms with Crippen molar-refractivity contribution in [2.45, 2.75) is 31.7 Å². The molecule has 1 N–H and O–H groups in total. The van der Waals surface area contributed by atoms with Crippen LogP contribution in [0, 0.1) is 5.92 Å². The van der Waals surface area contributed by atoms with E-state index in [0.717, 1.165) is 31.4 Å². The minimum absolute atomic E-state index is 0.590. The fourth-order valence-corrected chi connectivity index (χ4v) is 2.64. The molecule has 0 aromatic carbocycles. The second-order valence-electron chi connectivity index (χ2n) is 5.56. The molecule has 0 spiro atoms.